The molecule has 0 aliphatic carbocycles. The minimum atomic E-state index is 0.160. The maximum absolute atomic E-state index is 5.45. The highest BCUT2D eigenvalue weighted by molar-refractivity contribution is 5.54. The summed E-state index contributed by atoms with van der Waals surface area (Å²) in [5.74, 6) is 1.98. The SMILES string of the molecule is COc1cc(C(C)NC(C)Cc2ccccc2C)cc(OC)c1OC. The van der Waals surface area contributed by atoms with Crippen LogP contribution in [0.4, 0.5) is 0 Å². The molecule has 0 radical (unpaired) electrons. The lowest BCUT2D eigenvalue weighted by molar-refractivity contribution is 0.322. The number of methoxy groups -OCH3 is 3. The van der Waals surface area contributed by atoms with Gasteiger partial charge in [0.1, 0.15) is 0 Å². The van der Waals surface area contributed by atoms with Gasteiger partial charge < -0.3 is 19.5 Å². The summed E-state index contributed by atoms with van der Waals surface area (Å²) in [4.78, 5) is 0. The van der Waals surface area contributed by atoms with E-state index in [-0.39, 0.29) is 6.04 Å². The third kappa shape index (κ3) is 4.67. The number of hydrogen-bond acceptors (Lipinski definition) is 4. The van der Waals surface area contributed by atoms with E-state index in [0.717, 1.165) is 12.0 Å². The molecule has 0 aliphatic heterocycles. The Bertz CT molecular complexity index is 674. The molecule has 0 heterocycles. The van der Waals surface area contributed by atoms with Crippen molar-refractivity contribution in [3.05, 3.63) is 53.1 Å². The zero-order chi connectivity index (χ0) is 18.4. The highest BCUT2D eigenvalue weighted by Crippen LogP contribution is 2.39. The number of nitrogens with one attached hydrogen (secondary N) is 1. The Labute approximate surface area is 151 Å². The largest absolute Gasteiger partial charge is 0.493 e. The summed E-state index contributed by atoms with van der Waals surface area (Å²) >= 11 is 0. The van der Waals surface area contributed by atoms with Gasteiger partial charge in [-0.05, 0) is 56.0 Å². The molecular formula is C21H29NO3. The second-order valence-electron chi connectivity index (χ2n) is 6.38. The molecule has 25 heavy (non-hydrogen) atoms. The lowest BCUT2D eigenvalue weighted by Gasteiger charge is -2.23. The van der Waals surface area contributed by atoms with Crippen LogP contribution in [-0.2, 0) is 6.42 Å². The predicted octanol–water partition coefficient (Wildman–Crippen LogP) is 4.30. The summed E-state index contributed by atoms with van der Waals surface area (Å²) in [6.07, 6.45) is 0.988. The first kappa shape index (κ1) is 19.1. The molecule has 2 aromatic rings. The maximum atomic E-state index is 5.45. The molecule has 136 valence electrons. The molecule has 2 rings (SSSR count). The summed E-state index contributed by atoms with van der Waals surface area (Å²) in [5, 5.41) is 3.66. The third-order valence-electron chi connectivity index (χ3n) is 4.51. The van der Waals surface area contributed by atoms with E-state index >= 15 is 0 Å². The van der Waals surface area contributed by atoms with E-state index in [2.05, 4.69) is 50.4 Å². The van der Waals surface area contributed by atoms with Crippen molar-refractivity contribution in [3.63, 3.8) is 0 Å². The number of hydrogen-bond donors (Lipinski definition) is 1. The minimum Gasteiger partial charge on any atom is -0.493 e. The average molecular weight is 343 g/mol. The van der Waals surface area contributed by atoms with E-state index < -0.39 is 0 Å². The van der Waals surface area contributed by atoms with Gasteiger partial charge in [-0.1, -0.05) is 24.3 Å². The molecule has 0 saturated carbocycles. The van der Waals surface area contributed by atoms with Crippen molar-refractivity contribution in [3.8, 4) is 17.2 Å². The van der Waals surface area contributed by atoms with Gasteiger partial charge >= 0.3 is 0 Å². The van der Waals surface area contributed by atoms with E-state index in [1.807, 2.05) is 12.1 Å². The molecule has 2 unspecified atom stereocenters. The lowest BCUT2D eigenvalue weighted by atomic mass is 10.0. The summed E-state index contributed by atoms with van der Waals surface area (Å²) < 4.78 is 16.3. The Morgan fingerprint density at radius 2 is 1.52 bits per heavy atom. The van der Waals surface area contributed by atoms with E-state index in [9.17, 15) is 0 Å². The fourth-order valence-electron chi connectivity index (χ4n) is 3.10. The monoisotopic (exact) mass is 343 g/mol. The van der Waals surface area contributed by atoms with Crippen molar-refractivity contribution in [2.24, 2.45) is 0 Å². The second-order valence-corrected chi connectivity index (χ2v) is 6.38. The second kappa shape index (κ2) is 8.77. The summed E-state index contributed by atoms with van der Waals surface area (Å²) in [5.41, 5.74) is 3.81. The van der Waals surface area contributed by atoms with E-state index in [0.29, 0.717) is 23.3 Å². The smallest absolute Gasteiger partial charge is 0.203 e. The first-order chi connectivity index (χ1) is 12.0. The summed E-state index contributed by atoms with van der Waals surface area (Å²) in [6, 6.07) is 13.0. The van der Waals surface area contributed by atoms with Gasteiger partial charge in [-0.2, -0.15) is 0 Å². The number of rotatable bonds is 8. The van der Waals surface area contributed by atoms with Gasteiger partial charge in [0.2, 0.25) is 5.75 Å². The molecule has 4 nitrogen and oxygen atoms in total. The molecule has 0 amide bonds. The number of ether oxygens (including phenoxy) is 3. The fraction of sp³-hybridized carbons (Fsp3) is 0.429. The third-order valence-corrected chi connectivity index (χ3v) is 4.51. The molecule has 1 N–H and O–H groups in total. The van der Waals surface area contributed by atoms with Crippen LogP contribution in [0.2, 0.25) is 0 Å². The van der Waals surface area contributed by atoms with Gasteiger partial charge in [-0.15, -0.1) is 0 Å². The van der Waals surface area contributed by atoms with E-state index in [1.165, 1.54) is 11.1 Å². The topological polar surface area (TPSA) is 39.7 Å². The van der Waals surface area contributed by atoms with Crippen LogP contribution in [0, 0.1) is 6.92 Å². The van der Waals surface area contributed by atoms with Crippen molar-refractivity contribution in [2.45, 2.75) is 39.3 Å². The van der Waals surface area contributed by atoms with Crippen molar-refractivity contribution < 1.29 is 14.2 Å². The van der Waals surface area contributed by atoms with Gasteiger partial charge in [0, 0.05) is 12.1 Å². The van der Waals surface area contributed by atoms with Crippen LogP contribution in [0.3, 0.4) is 0 Å². The van der Waals surface area contributed by atoms with E-state index in [4.69, 9.17) is 14.2 Å². The highest BCUT2D eigenvalue weighted by Gasteiger charge is 2.17. The molecule has 4 heteroatoms. The molecule has 0 aliphatic rings. The normalized spacial score (nSPS) is 13.2. The predicted molar refractivity (Wildman–Crippen MR) is 102 cm³/mol. The standard InChI is InChI=1S/C21H29NO3/c1-14-9-7-8-10-17(14)11-15(2)22-16(3)18-12-19(23-4)21(25-6)20(13-18)24-5/h7-10,12-13,15-16,22H,11H2,1-6H3. The lowest BCUT2D eigenvalue weighted by Crippen LogP contribution is -2.31. The van der Waals surface area contributed by atoms with Crippen LogP contribution >= 0.6 is 0 Å². The summed E-state index contributed by atoms with van der Waals surface area (Å²) in [6.45, 7) is 6.51. The molecule has 0 saturated heterocycles. The van der Waals surface area contributed by atoms with Crippen molar-refractivity contribution >= 4 is 0 Å². The molecule has 2 atom stereocenters. The minimum absolute atomic E-state index is 0.160. The molecule has 0 fully saturated rings. The van der Waals surface area contributed by atoms with Crippen LogP contribution in [0.15, 0.2) is 36.4 Å². The zero-order valence-corrected chi connectivity index (χ0v) is 16.1. The Hall–Kier alpha value is -2.20. The van der Waals surface area contributed by atoms with Crippen LogP contribution in [0.5, 0.6) is 17.2 Å². The van der Waals surface area contributed by atoms with E-state index in [1.54, 1.807) is 21.3 Å². The van der Waals surface area contributed by atoms with Crippen LogP contribution in [0.1, 0.15) is 36.6 Å². The van der Waals surface area contributed by atoms with Gasteiger partial charge in [0.15, 0.2) is 11.5 Å². The molecular weight excluding hydrogens is 314 g/mol. The average Bonchev–Trinajstić information content (AvgIpc) is 2.62. The molecule has 2 aromatic carbocycles. The van der Waals surface area contributed by atoms with Gasteiger partial charge in [0.05, 0.1) is 21.3 Å². The van der Waals surface area contributed by atoms with Gasteiger partial charge in [-0.3, -0.25) is 0 Å². The van der Waals surface area contributed by atoms with Crippen LogP contribution in [0.25, 0.3) is 0 Å². The van der Waals surface area contributed by atoms with Crippen molar-refractivity contribution in [1.29, 1.82) is 0 Å². The number of benzene rings is 2. The first-order valence-corrected chi connectivity index (χ1v) is 8.60. The quantitative estimate of drug-likeness (QED) is 0.775. The van der Waals surface area contributed by atoms with Crippen LogP contribution in [-0.4, -0.2) is 27.4 Å². The van der Waals surface area contributed by atoms with Gasteiger partial charge in [-0.25, -0.2) is 0 Å². The Morgan fingerprint density at radius 3 is 2.04 bits per heavy atom. The highest BCUT2D eigenvalue weighted by atomic mass is 16.5. The summed E-state index contributed by atoms with van der Waals surface area (Å²) in [7, 11) is 4.89. The first-order valence-electron chi connectivity index (χ1n) is 8.60. The fourth-order valence-corrected chi connectivity index (χ4v) is 3.10. The number of aryl methyl sites for hydroxylation is 1. The Morgan fingerprint density at radius 1 is 0.920 bits per heavy atom. The van der Waals surface area contributed by atoms with Crippen molar-refractivity contribution in [1.82, 2.24) is 5.32 Å². The van der Waals surface area contributed by atoms with Crippen LogP contribution < -0.4 is 19.5 Å². The Balaban J connectivity index is 2.14. The molecule has 0 spiro atoms. The zero-order valence-electron chi connectivity index (χ0n) is 16.1. The molecule has 0 bridgehead atoms. The van der Waals surface area contributed by atoms with Crippen molar-refractivity contribution in [2.75, 3.05) is 21.3 Å². The van der Waals surface area contributed by atoms with Gasteiger partial charge in [0.25, 0.3) is 0 Å². The maximum Gasteiger partial charge on any atom is 0.203 e. The Kier molecular flexibility index (Phi) is 6.71. The molecule has 0 aromatic heterocycles.